The van der Waals surface area contributed by atoms with Gasteiger partial charge in [-0.15, -0.1) is 0 Å². The Balaban J connectivity index is 2.13. The van der Waals surface area contributed by atoms with Gasteiger partial charge in [-0.3, -0.25) is 0 Å². The maximum Gasteiger partial charge on any atom is 0.328 e. The van der Waals surface area contributed by atoms with Gasteiger partial charge in [0.2, 0.25) is 0 Å². The number of hydrogen-bond acceptors (Lipinski definition) is 5. The molecule has 0 aliphatic heterocycles. The zero-order chi connectivity index (χ0) is 18.4. The van der Waals surface area contributed by atoms with Crippen molar-refractivity contribution >= 4 is 11.7 Å². The van der Waals surface area contributed by atoms with Gasteiger partial charge in [0, 0.05) is 11.8 Å². The molecule has 0 spiro atoms. The molecule has 0 unspecified atom stereocenters. The van der Waals surface area contributed by atoms with Crippen LogP contribution >= 0.6 is 0 Å². The predicted octanol–water partition coefficient (Wildman–Crippen LogP) is 4.02. The third-order valence-electron chi connectivity index (χ3n) is 3.45. The van der Waals surface area contributed by atoms with E-state index in [1.54, 1.807) is 56.3 Å². The lowest BCUT2D eigenvalue weighted by Gasteiger charge is -2.22. The van der Waals surface area contributed by atoms with E-state index in [2.05, 4.69) is 11.4 Å². The highest BCUT2D eigenvalue weighted by atomic mass is 16.5. The van der Waals surface area contributed by atoms with Crippen molar-refractivity contribution in [3.63, 3.8) is 0 Å². The molecule has 25 heavy (non-hydrogen) atoms. The van der Waals surface area contributed by atoms with Crippen molar-refractivity contribution in [1.82, 2.24) is 0 Å². The average Bonchev–Trinajstić information content (AvgIpc) is 2.57. The Morgan fingerprint density at radius 3 is 2.40 bits per heavy atom. The van der Waals surface area contributed by atoms with Crippen LogP contribution in [-0.2, 0) is 4.79 Å². The summed E-state index contributed by atoms with van der Waals surface area (Å²) in [4.78, 5) is 11.1. The minimum Gasteiger partial charge on any atom is -0.492 e. The number of carboxylic acids is 1. The molecule has 2 aromatic rings. The number of benzene rings is 2. The highest BCUT2D eigenvalue weighted by Crippen LogP contribution is 2.29. The molecule has 2 aromatic carbocycles. The molecular weight excluding hydrogens is 320 g/mol. The lowest BCUT2D eigenvalue weighted by molar-refractivity contribution is -0.141. The van der Waals surface area contributed by atoms with Crippen LogP contribution in [0, 0.1) is 11.3 Å². The molecule has 0 heterocycles. The van der Waals surface area contributed by atoms with E-state index in [1.165, 1.54) is 0 Å². The Bertz CT molecular complexity index is 792. The lowest BCUT2D eigenvalue weighted by atomic mass is 10.1. The molecule has 6 heteroatoms. The van der Waals surface area contributed by atoms with Crippen molar-refractivity contribution in [1.29, 1.82) is 5.26 Å². The first-order valence-electron chi connectivity index (χ1n) is 7.82. The van der Waals surface area contributed by atoms with Crippen LogP contribution in [0.15, 0.2) is 42.5 Å². The number of carbonyl (C=O) groups is 1. The monoisotopic (exact) mass is 340 g/mol. The fourth-order valence-corrected chi connectivity index (χ4v) is 2.09. The number of anilines is 1. The van der Waals surface area contributed by atoms with E-state index in [0.29, 0.717) is 35.1 Å². The van der Waals surface area contributed by atoms with Crippen LogP contribution in [0.25, 0.3) is 0 Å². The molecule has 0 saturated heterocycles. The summed E-state index contributed by atoms with van der Waals surface area (Å²) in [5.74, 6) is 0.678. The van der Waals surface area contributed by atoms with Crippen LogP contribution in [0.2, 0.25) is 0 Å². The SMILES string of the molecule is CCOc1cc(Oc2ccc(NC(C)(C)C(=O)O)cc2)ccc1C#N. The number of carboxylic acid groups (broad SMARTS) is 1. The number of ether oxygens (including phenoxy) is 2. The van der Waals surface area contributed by atoms with Crippen molar-refractivity contribution < 1.29 is 19.4 Å². The highest BCUT2D eigenvalue weighted by molar-refractivity contribution is 5.81. The molecular formula is C19H20N2O4. The van der Waals surface area contributed by atoms with E-state index in [1.807, 2.05) is 6.92 Å². The van der Waals surface area contributed by atoms with Crippen molar-refractivity contribution in [2.24, 2.45) is 0 Å². The first-order chi connectivity index (χ1) is 11.9. The van der Waals surface area contributed by atoms with Crippen LogP contribution in [0.1, 0.15) is 26.3 Å². The van der Waals surface area contributed by atoms with Crippen molar-refractivity contribution in [3.8, 4) is 23.3 Å². The summed E-state index contributed by atoms with van der Waals surface area (Å²) in [6.45, 7) is 5.48. The van der Waals surface area contributed by atoms with Crippen molar-refractivity contribution in [2.45, 2.75) is 26.3 Å². The average molecular weight is 340 g/mol. The second kappa shape index (κ2) is 7.58. The fourth-order valence-electron chi connectivity index (χ4n) is 2.09. The standard InChI is InChI=1S/C19H20N2O4/c1-4-24-17-11-16(8-5-13(17)12-20)25-15-9-6-14(7-10-15)21-19(2,3)18(22)23/h5-11,21H,4H2,1-3H3,(H,22,23). The third kappa shape index (κ3) is 4.64. The van der Waals surface area contributed by atoms with Gasteiger partial charge in [0.05, 0.1) is 12.2 Å². The molecule has 0 atom stereocenters. The van der Waals surface area contributed by atoms with Gasteiger partial charge >= 0.3 is 5.97 Å². The number of nitrogens with one attached hydrogen (secondary N) is 1. The number of aliphatic carboxylic acids is 1. The first-order valence-corrected chi connectivity index (χ1v) is 7.82. The summed E-state index contributed by atoms with van der Waals surface area (Å²) in [7, 11) is 0. The van der Waals surface area contributed by atoms with Gasteiger partial charge in [-0.25, -0.2) is 4.79 Å². The second-order valence-corrected chi connectivity index (χ2v) is 5.88. The molecule has 0 fully saturated rings. The minimum atomic E-state index is -1.07. The van der Waals surface area contributed by atoms with Crippen molar-refractivity contribution in [2.75, 3.05) is 11.9 Å². The highest BCUT2D eigenvalue weighted by Gasteiger charge is 2.26. The largest absolute Gasteiger partial charge is 0.492 e. The Labute approximate surface area is 146 Å². The molecule has 0 aliphatic carbocycles. The normalized spacial score (nSPS) is 10.6. The van der Waals surface area contributed by atoms with E-state index in [9.17, 15) is 4.79 Å². The molecule has 0 radical (unpaired) electrons. The Morgan fingerprint density at radius 1 is 1.20 bits per heavy atom. The zero-order valence-electron chi connectivity index (χ0n) is 14.4. The van der Waals surface area contributed by atoms with E-state index in [0.717, 1.165) is 0 Å². The Morgan fingerprint density at radius 2 is 1.84 bits per heavy atom. The zero-order valence-corrected chi connectivity index (χ0v) is 14.4. The Hall–Kier alpha value is -3.20. The van der Waals surface area contributed by atoms with E-state index in [4.69, 9.17) is 19.8 Å². The molecule has 0 aliphatic rings. The van der Waals surface area contributed by atoms with Crippen LogP contribution in [0.3, 0.4) is 0 Å². The molecule has 0 saturated carbocycles. The molecule has 2 N–H and O–H groups in total. The lowest BCUT2D eigenvalue weighted by Crippen LogP contribution is -2.39. The van der Waals surface area contributed by atoms with Crippen LogP contribution in [-0.4, -0.2) is 23.2 Å². The summed E-state index contributed by atoms with van der Waals surface area (Å²) < 4.78 is 11.2. The number of rotatable bonds is 7. The van der Waals surface area contributed by atoms with E-state index < -0.39 is 11.5 Å². The Kier molecular flexibility index (Phi) is 5.50. The maximum absolute atomic E-state index is 11.1. The van der Waals surface area contributed by atoms with Gasteiger partial charge in [-0.1, -0.05) is 0 Å². The quantitative estimate of drug-likeness (QED) is 0.791. The summed E-state index contributed by atoms with van der Waals surface area (Å²) >= 11 is 0. The topological polar surface area (TPSA) is 91.6 Å². The van der Waals surface area contributed by atoms with Crippen LogP contribution < -0.4 is 14.8 Å². The summed E-state index contributed by atoms with van der Waals surface area (Å²) in [6, 6.07) is 14.0. The third-order valence-corrected chi connectivity index (χ3v) is 3.45. The van der Waals surface area contributed by atoms with Gasteiger partial charge < -0.3 is 19.9 Å². The van der Waals surface area contributed by atoms with Crippen molar-refractivity contribution in [3.05, 3.63) is 48.0 Å². The summed E-state index contributed by atoms with van der Waals surface area (Å²) in [6.07, 6.45) is 0. The van der Waals surface area contributed by atoms with Crippen LogP contribution in [0.4, 0.5) is 5.69 Å². The second-order valence-electron chi connectivity index (χ2n) is 5.88. The van der Waals surface area contributed by atoms with Crippen LogP contribution in [0.5, 0.6) is 17.2 Å². The number of nitriles is 1. The number of nitrogens with zero attached hydrogens (tertiary/aromatic N) is 1. The smallest absolute Gasteiger partial charge is 0.328 e. The predicted molar refractivity (Wildman–Crippen MR) is 94.2 cm³/mol. The van der Waals surface area contributed by atoms with E-state index in [-0.39, 0.29) is 0 Å². The molecule has 0 aromatic heterocycles. The van der Waals surface area contributed by atoms with E-state index >= 15 is 0 Å². The molecule has 2 rings (SSSR count). The fraction of sp³-hybridized carbons (Fsp3) is 0.263. The van der Waals surface area contributed by atoms with Gasteiger partial charge in [0.25, 0.3) is 0 Å². The van der Waals surface area contributed by atoms with Gasteiger partial charge in [-0.05, 0) is 57.2 Å². The summed E-state index contributed by atoms with van der Waals surface area (Å²) in [5, 5.41) is 21.1. The summed E-state index contributed by atoms with van der Waals surface area (Å²) in [5.41, 5.74) is 0.0567. The molecule has 0 amide bonds. The molecule has 130 valence electrons. The minimum absolute atomic E-state index is 0.449. The van der Waals surface area contributed by atoms with Gasteiger partial charge in [0.1, 0.15) is 28.9 Å². The van der Waals surface area contributed by atoms with Gasteiger partial charge in [-0.2, -0.15) is 5.26 Å². The number of hydrogen-bond donors (Lipinski definition) is 2. The maximum atomic E-state index is 11.1. The van der Waals surface area contributed by atoms with Gasteiger partial charge in [0.15, 0.2) is 0 Å². The molecule has 6 nitrogen and oxygen atoms in total. The molecule has 0 bridgehead atoms. The first kappa shape index (κ1) is 18.1.